The lowest BCUT2D eigenvalue weighted by atomic mass is 9.90. The third-order valence-electron chi connectivity index (χ3n) is 8.18. The van der Waals surface area contributed by atoms with E-state index in [0.717, 1.165) is 42.5 Å². The Bertz CT molecular complexity index is 1510. The fourth-order valence-electron chi connectivity index (χ4n) is 6.20. The minimum atomic E-state index is -0.252. The van der Waals surface area contributed by atoms with Crippen LogP contribution in [0.2, 0.25) is 0 Å². The second kappa shape index (κ2) is 12.6. The molecule has 8 nitrogen and oxygen atoms in total. The largest absolute Gasteiger partial charge is 0.384 e. The summed E-state index contributed by atoms with van der Waals surface area (Å²) in [7, 11) is 2.12. The molecule has 41 heavy (non-hydrogen) atoms. The van der Waals surface area contributed by atoms with Crippen LogP contribution in [0.5, 0.6) is 0 Å². The van der Waals surface area contributed by atoms with Crippen LogP contribution in [0.25, 0.3) is 22.0 Å². The molecule has 2 aromatic carbocycles. The summed E-state index contributed by atoms with van der Waals surface area (Å²) in [6.07, 6.45) is 5.48. The second-order valence-electron chi connectivity index (χ2n) is 11.2. The van der Waals surface area contributed by atoms with Gasteiger partial charge in [0.05, 0.1) is 0 Å². The number of benzene rings is 2. The summed E-state index contributed by atoms with van der Waals surface area (Å²) in [6.45, 7) is 3.59. The highest BCUT2D eigenvalue weighted by atomic mass is 16.2. The number of aryl methyl sites for hydroxylation is 1. The number of para-hydroxylation sites is 1. The van der Waals surface area contributed by atoms with Gasteiger partial charge >= 0.3 is 0 Å². The number of likely N-dealkylation sites (tertiary alicyclic amines) is 1. The van der Waals surface area contributed by atoms with Crippen molar-refractivity contribution in [3.63, 3.8) is 0 Å². The number of anilines is 1. The van der Waals surface area contributed by atoms with Crippen LogP contribution in [0.3, 0.4) is 0 Å². The molecule has 1 aliphatic heterocycles. The Morgan fingerprint density at radius 1 is 1.07 bits per heavy atom. The number of fused-ring (bicyclic) bond motifs is 1. The molecular formula is C33H40N6O2. The van der Waals surface area contributed by atoms with Crippen molar-refractivity contribution in [2.75, 3.05) is 25.4 Å². The molecule has 0 bridgehead atoms. The standard InChI is InChI=1S/C33H40N6O2/c1-22(40)36-16-15-29-28-7-3-4-8-30(28)38(2)33(29)26-6-5-17-39(21-26)32(41)19-27(34)18-23-9-11-24(12-10-23)25-13-14-31(35)37-20-25/h3-4,7-14,20,26-27H,5-6,15-19,21,34H2,1-2H3,(H2,35,37)(H,36,40)/t26?,27-/m1/s1. The molecule has 0 saturated carbocycles. The van der Waals surface area contributed by atoms with Crippen LogP contribution in [0.1, 0.15) is 48.9 Å². The summed E-state index contributed by atoms with van der Waals surface area (Å²) >= 11 is 0. The van der Waals surface area contributed by atoms with E-state index in [4.69, 9.17) is 11.5 Å². The van der Waals surface area contributed by atoms with Gasteiger partial charge in [0.25, 0.3) is 0 Å². The van der Waals surface area contributed by atoms with E-state index in [9.17, 15) is 9.59 Å². The Hall–Kier alpha value is -4.17. The van der Waals surface area contributed by atoms with Crippen LogP contribution in [0, 0.1) is 0 Å². The number of nitrogen functional groups attached to an aromatic ring is 1. The van der Waals surface area contributed by atoms with Crippen LogP contribution >= 0.6 is 0 Å². The van der Waals surface area contributed by atoms with Crippen molar-refractivity contribution in [1.29, 1.82) is 0 Å². The highest BCUT2D eigenvalue weighted by Crippen LogP contribution is 2.35. The van der Waals surface area contributed by atoms with Gasteiger partial charge in [-0.15, -0.1) is 0 Å². The third-order valence-corrected chi connectivity index (χ3v) is 8.18. The zero-order chi connectivity index (χ0) is 28.9. The number of carbonyl (C=O) groups is 2. The van der Waals surface area contributed by atoms with E-state index in [0.29, 0.717) is 31.7 Å². The number of hydrogen-bond donors (Lipinski definition) is 3. The molecule has 1 unspecified atom stereocenters. The Morgan fingerprint density at radius 2 is 1.83 bits per heavy atom. The summed E-state index contributed by atoms with van der Waals surface area (Å²) in [6, 6.07) is 20.2. The summed E-state index contributed by atoms with van der Waals surface area (Å²) in [5.74, 6) is 0.836. The monoisotopic (exact) mass is 552 g/mol. The van der Waals surface area contributed by atoms with Crippen molar-refractivity contribution in [2.45, 2.75) is 51.0 Å². The first-order valence-corrected chi connectivity index (χ1v) is 14.4. The lowest BCUT2D eigenvalue weighted by Crippen LogP contribution is -2.42. The van der Waals surface area contributed by atoms with Crippen LogP contribution in [-0.4, -0.2) is 51.9 Å². The van der Waals surface area contributed by atoms with Gasteiger partial charge in [-0.2, -0.15) is 0 Å². The maximum Gasteiger partial charge on any atom is 0.224 e. The van der Waals surface area contributed by atoms with Crippen LogP contribution < -0.4 is 16.8 Å². The molecule has 0 aliphatic carbocycles. The van der Waals surface area contributed by atoms with Crippen molar-refractivity contribution < 1.29 is 9.59 Å². The lowest BCUT2D eigenvalue weighted by Gasteiger charge is -2.34. The number of piperidine rings is 1. The molecule has 0 radical (unpaired) electrons. The molecule has 1 aliphatic rings. The van der Waals surface area contributed by atoms with E-state index in [2.05, 4.69) is 70.4 Å². The number of hydrogen-bond acceptors (Lipinski definition) is 5. The number of nitrogens with one attached hydrogen (secondary N) is 1. The van der Waals surface area contributed by atoms with Crippen molar-refractivity contribution in [2.24, 2.45) is 12.8 Å². The van der Waals surface area contributed by atoms with Crippen molar-refractivity contribution in [3.05, 3.63) is 83.7 Å². The topological polar surface area (TPSA) is 119 Å². The van der Waals surface area contributed by atoms with E-state index in [1.165, 1.54) is 22.2 Å². The normalized spacial score (nSPS) is 16.1. The molecule has 4 aromatic rings. The molecular weight excluding hydrogens is 512 g/mol. The van der Waals surface area contributed by atoms with Crippen LogP contribution in [-0.2, 0) is 29.5 Å². The predicted octanol–water partition coefficient (Wildman–Crippen LogP) is 4.17. The van der Waals surface area contributed by atoms with Crippen LogP contribution in [0.15, 0.2) is 66.9 Å². The van der Waals surface area contributed by atoms with Gasteiger partial charge in [0.15, 0.2) is 0 Å². The maximum absolute atomic E-state index is 13.4. The summed E-state index contributed by atoms with van der Waals surface area (Å²) < 4.78 is 2.28. The van der Waals surface area contributed by atoms with Gasteiger partial charge in [-0.3, -0.25) is 9.59 Å². The first-order chi connectivity index (χ1) is 19.8. The number of carbonyl (C=O) groups excluding carboxylic acids is 2. The maximum atomic E-state index is 13.4. The van der Waals surface area contributed by atoms with E-state index in [1.807, 2.05) is 11.0 Å². The Labute approximate surface area is 241 Å². The fourth-order valence-corrected chi connectivity index (χ4v) is 6.20. The number of nitrogens with two attached hydrogens (primary N) is 2. The van der Waals surface area contributed by atoms with Gasteiger partial charge in [-0.05, 0) is 60.6 Å². The average molecular weight is 553 g/mol. The average Bonchev–Trinajstić information content (AvgIpc) is 3.25. The zero-order valence-electron chi connectivity index (χ0n) is 24.0. The van der Waals surface area contributed by atoms with Crippen molar-refractivity contribution in [1.82, 2.24) is 19.8 Å². The van der Waals surface area contributed by atoms with Crippen LogP contribution in [0.4, 0.5) is 5.82 Å². The zero-order valence-corrected chi connectivity index (χ0v) is 24.0. The van der Waals surface area contributed by atoms with Crippen molar-refractivity contribution in [3.8, 4) is 11.1 Å². The number of amides is 2. The fraction of sp³-hybridized carbons (Fsp3) is 0.364. The highest BCUT2D eigenvalue weighted by Gasteiger charge is 2.30. The molecule has 2 amide bonds. The Kier molecular flexibility index (Phi) is 8.69. The van der Waals surface area contributed by atoms with Crippen molar-refractivity contribution >= 4 is 28.5 Å². The molecule has 5 rings (SSSR count). The lowest BCUT2D eigenvalue weighted by molar-refractivity contribution is -0.132. The van der Waals surface area contributed by atoms with Gasteiger partial charge in [-0.25, -0.2) is 4.98 Å². The van der Waals surface area contributed by atoms with Gasteiger partial charge < -0.3 is 26.3 Å². The van der Waals surface area contributed by atoms with E-state index < -0.39 is 0 Å². The first-order valence-electron chi connectivity index (χ1n) is 14.4. The number of rotatable bonds is 9. The molecule has 1 fully saturated rings. The summed E-state index contributed by atoms with van der Waals surface area (Å²) in [5, 5.41) is 4.17. The minimum Gasteiger partial charge on any atom is -0.384 e. The molecule has 5 N–H and O–H groups in total. The number of aromatic nitrogens is 2. The third kappa shape index (κ3) is 6.60. The van der Waals surface area contributed by atoms with Gasteiger partial charge in [0.1, 0.15) is 5.82 Å². The van der Waals surface area contributed by atoms with Gasteiger partial charge in [0, 0.05) is 80.3 Å². The van der Waals surface area contributed by atoms with E-state index >= 15 is 0 Å². The molecule has 2 atom stereocenters. The molecule has 2 aromatic heterocycles. The molecule has 8 heteroatoms. The number of nitrogens with zero attached hydrogens (tertiary/aromatic N) is 3. The number of pyridine rings is 1. The quantitative estimate of drug-likeness (QED) is 0.288. The second-order valence-corrected chi connectivity index (χ2v) is 11.2. The SMILES string of the molecule is CC(=O)NCCc1c(C2CCCN(C(=O)C[C@H](N)Cc3ccc(-c4ccc(N)nc4)cc3)C2)n(C)c2ccccc12. The minimum absolute atomic E-state index is 0.0207. The summed E-state index contributed by atoms with van der Waals surface area (Å²) in [4.78, 5) is 31.1. The Balaban J connectivity index is 1.24. The van der Waals surface area contributed by atoms with Gasteiger partial charge in [-0.1, -0.05) is 42.5 Å². The van der Waals surface area contributed by atoms with Gasteiger partial charge in [0.2, 0.25) is 11.8 Å². The summed E-state index contributed by atoms with van der Waals surface area (Å²) in [5.41, 5.74) is 19.1. The van der Waals surface area contributed by atoms with E-state index in [-0.39, 0.29) is 23.8 Å². The first kappa shape index (κ1) is 28.4. The molecule has 214 valence electrons. The Morgan fingerprint density at radius 3 is 2.56 bits per heavy atom. The van der Waals surface area contributed by atoms with E-state index in [1.54, 1.807) is 19.2 Å². The predicted molar refractivity (Wildman–Crippen MR) is 164 cm³/mol. The highest BCUT2D eigenvalue weighted by molar-refractivity contribution is 5.86. The smallest absolute Gasteiger partial charge is 0.224 e. The molecule has 3 heterocycles. The molecule has 1 saturated heterocycles. The molecule has 0 spiro atoms.